The van der Waals surface area contributed by atoms with Crippen LogP contribution in [0.1, 0.15) is 36.8 Å². The molecule has 7 heteroatoms. The van der Waals surface area contributed by atoms with Crippen LogP contribution in [0.4, 0.5) is 4.79 Å². The first-order valence-corrected chi connectivity index (χ1v) is 8.98. The van der Waals surface area contributed by atoms with Crippen molar-refractivity contribution in [2.24, 2.45) is 0 Å². The predicted octanol–water partition coefficient (Wildman–Crippen LogP) is 3.13. The minimum absolute atomic E-state index is 0.299. The minimum Gasteiger partial charge on any atom is -0.443 e. The van der Waals surface area contributed by atoms with Crippen molar-refractivity contribution in [2.45, 2.75) is 39.3 Å². The Hall–Kier alpha value is -2.67. The molecule has 3 rings (SSSR count). The molecule has 0 N–H and O–H groups in total. The van der Waals surface area contributed by atoms with Crippen molar-refractivity contribution in [1.82, 2.24) is 14.5 Å². The van der Waals surface area contributed by atoms with Crippen LogP contribution < -0.4 is 0 Å². The average Bonchev–Trinajstić information content (AvgIpc) is 2.99. The Morgan fingerprint density at radius 1 is 1.26 bits per heavy atom. The average molecular weight is 371 g/mol. The monoisotopic (exact) mass is 371 g/mol. The minimum atomic E-state index is -0.649. The Kier molecular flexibility index (Phi) is 5.32. The van der Waals surface area contributed by atoms with Crippen molar-refractivity contribution < 1.29 is 19.1 Å². The van der Waals surface area contributed by atoms with Crippen molar-refractivity contribution in [3.63, 3.8) is 0 Å². The summed E-state index contributed by atoms with van der Waals surface area (Å²) in [5.74, 6) is -0.322. The molecule has 27 heavy (non-hydrogen) atoms. The maximum atomic E-state index is 13.0. The molecular formula is C20H25N3O4. The Labute approximate surface area is 158 Å². The van der Waals surface area contributed by atoms with Gasteiger partial charge in [0.2, 0.25) is 0 Å². The van der Waals surface area contributed by atoms with Crippen LogP contribution in [0.5, 0.6) is 0 Å². The van der Waals surface area contributed by atoms with Crippen LogP contribution in [0.25, 0.3) is 11.3 Å². The van der Waals surface area contributed by atoms with Gasteiger partial charge in [-0.15, -0.1) is 0 Å². The number of amides is 2. The molecule has 144 valence electrons. The van der Waals surface area contributed by atoms with E-state index in [1.807, 2.05) is 18.2 Å². The zero-order chi connectivity index (χ0) is 19.6. The summed E-state index contributed by atoms with van der Waals surface area (Å²) in [5.41, 5.74) is 2.69. The van der Waals surface area contributed by atoms with Crippen LogP contribution in [0.2, 0.25) is 0 Å². The van der Waals surface area contributed by atoms with Crippen LogP contribution in [-0.4, -0.2) is 52.3 Å². The van der Waals surface area contributed by atoms with Crippen molar-refractivity contribution in [3.05, 3.63) is 41.9 Å². The third kappa shape index (κ3) is 4.03. The summed E-state index contributed by atoms with van der Waals surface area (Å²) >= 11 is 0. The SMILES string of the molecule is COCCn1c(-c2ccncc2)cc2c1CCN(C(=O)OC(C)(C)C)C2=O. The lowest BCUT2D eigenvalue weighted by Crippen LogP contribution is -2.44. The number of hydrogen-bond acceptors (Lipinski definition) is 5. The highest BCUT2D eigenvalue weighted by Crippen LogP contribution is 2.30. The second-order valence-electron chi connectivity index (χ2n) is 7.46. The van der Waals surface area contributed by atoms with Crippen molar-refractivity contribution >= 4 is 12.0 Å². The van der Waals surface area contributed by atoms with E-state index in [0.717, 1.165) is 17.0 Å². The molecule has 0 aliphatic carbocycles. The van der Waals surface area contributed by atoms with Gasteiger partial charge in [0.15, 0.2) is 0 Å². The number of ether oxygens (including phenoxy) is 2. The quantitative estimate of drug-likeness (QED) is 0.825. The molecule has 1 aliphatic heterocycles. The molecule has 3 heterocycles. The van der Waals surface area contributed by atoms with Gasteiger partial charge in [0.05, 0.1) is 12.2 Å². The highest BCUT2D eigenvalue weighted by molar-refractivity contribution is 6.05. The predicted molar refractivity (Wildman–Crippen MR) is 101 cm³/mol. The van der Waals surface area contributed by atoms with E-state index in [2.05, 4.69) is 9.55 Å². The Morgan fingerprint density at radius 2 is 1.96 bits per heavy atom. The largest absolute Gasteiger partial charge is 0.443 e. The summed E-state index contributed by atoms with van der Waals surface area (Å²) in [6, 6.07) is 5.65. The first kappa shape index (κ1) is 19.1. The summed E-state index contributed by atoms with van der Waals surface area (Å²) in [4.78, 5) is 30.6. The maximum absolute atomic E-state index is 13.0. The Balaban J connectivity index is 1.97. The van der Waals surface area contributed by atoms with Gasteiger partial charge in [0.25, 0.3) is 5.91 Å². The lowest BCUT2D eigenvalue weighted by atomic mass is 10.1. The Morgan fingerprint density at radius 3 is 2.59 bits per heavy atom. The molecule has 0 spiro atoms. The molecule has 0 bridgehead atoms. The highest BCUT2D eigenvalue weighted by Gasteiger charge is 2.35. The van der Waals surface area contributed by atoms with Crippen LogP contribution >= 0.6 is 0 Å². The molecular weight excluding hydrogens is 346 g/mol. The van der Waals surface area contributed by atoms with Crippen molar-refractivity contribution in [2.75, 3.05) is 20.3 Å². The van der Waals surface area contributed by atoms with Crippen molar-refractivity contribution in [1.29, 1.82) is 0 Å². The second-order valence-corrected chi connectivity index (χ2v) is 7.46. The molecule has 2 aromatic heterocycles. The zero-order valence-corrected chi connectivity index (χ0v) is 16.2. The smallest absolute Gasteiger partial charge is 0.417 e. The van der Waals surface area contributed by atoms with E-state index in [0.29, 0.717) is 31.7 Å². The summed E-state index contributed by atoms with van der Waals surface area (Å²) in [5, 5.41) is 0. The van der Waals surface area contributed by atoms with Gasteiger partial charge in [-0.2, -0.15) is 0 Å². The standard InChI is InChI=1S/C20H25N3O4/c1-20(2,3)27-19(25)23-10-7-16-15(18(23)24)13-17(22(16)11-12-26-4)14-5-8-21-9-6-14/h5-6,8-9,13H,7,10-12H2,1-4H3. The maximum Gasteiger partial charge on any atom is 0.417 e. The van der Waals surface area contributed by atoms with Gasteiger partial charge in [-0.05, 0) is 39.0 Å². The highest BCUT2D eigenvalue weighted by atomic mass is 16.6. The molecule has 0 aromatic carbocycles. The molecule has 1 aliphatic rings. The second kappa shape index (κ2) is 7.52. The van der Waals surface area contributed by atoms with Crippen LogP contribution in [0.3, 0.4) is 0 Å². The zero-order valence-electron chi connectivity index (χ0n) is 16.2. The fraction of sp³-hybridized carbons (Fsp3) is 0.450. The molecule has 0 fully saturated rings. The molecule has 7 nitrogen and oxygen atoms in total. The van der Waals surface area contributed by atoms with Gasteiger partial charge in [-0.1, -0.05) is 0 Å². The number of imide groups is 1. The number of rotatable bonds is 4. The van der Waals surface area contributed by atoms with Crippen molar-refractivity contribution in [3.8, 4) is 11.3 Å². The lowest BCUT2D eigenvalue weighted by molar-refractivity contribution is 0.0232. The summed E-state index contributed by atoms with van der Waals surface area (Å²) in [6.45, 7) is 6.81. The molecule has 0 unspecified atom stereocenters. The molecule has 2 amide bonds. The normalized spacial score (nSPS) is 14.2. The number of hydrogen-bond donors (Lipinski definition) is 0. The third-order valence-corrected chi connectivity index (χ3v) is 4.37. The van der Waals surface area contributed by atoms with Gasteiger partial charge in [0.1, 0.15) is 5.60 Å². The summed E-state index contributed by atoms with van der Waals surface area (Å²) < 4.78 is 12.7. The molecule has 2 aromatic rings. The Bertz CT molecular complexity index is 837. The number of carbonyl (C=O) groups excluding carboxylic acids is 2. The number of nitrogens with zero attached hydrogens (tertiary/aromatic N) is 3. The molecule has 0 radical (unpaired) electrons. The number of aromatic nitrogens is 2. The number of carbonyl (C=O) groups is 2. The number of methoxy groups -OCH3 is 1. The lowest BCUT2D eigenvalue weighted by Gasteiger charge is -2.29. The van der Waals surface area contributed by atoms with Crippen LogP contribution in [-0.2, 0) is 22.4 Å². The summed E-state index contributed by atoms with van der Waals surface area (Å²) in [7, 11) is 1.65. The first-order valence-electron chi connectivity index (χ1n) is 8.98. The first-order chi connectivity index (χ1) is 12.8. The fourth-order valence-corrected chi connectivity index (χ4v) is 3.20. The molecule has 0 saturated heterocycles. The van der Waals surface area contributed by atoms with E-state index in [4.69, 9.17) is 9.47 Å². The van der Waals surface area contributed by atoms with E-state index in [9.17, 15) is 9.59 Å². The van der Waals surface area contributed by atoms with E-state index in [-0.39, 0.29) is 5.91 Å². The fourth-order valence-electron chi connectivity index (χ4n) is 3.20. The van der Waals surface area contributed by atoms with Gasteiger partial charge < -0.3 is 14.0 Å². The topological polar surface area (TPSA) is 73.7 Å². The van der Waals surface area contributed by atoms with E-state index in [1.165, 1.54) is 4.90 Å². The number of pyridine rings is 1. The number of fused-ring (bicyclic) bond motifs is 1. The van der Waals surface area contributed by atoms with Gasteiger partial charge >= 0.3 is 6.09 Å². The van der Waals surface area contributed by atoms with Gasteiger partial charge in [0, 0.05) is 56.0 Å². The van der Waals surface area contributed by atoms with E-state index >= 15 is 0 Å². The van der Waals surface area contributed by atoms with Crippen LogP contribution in [0.15, 0.2) is 30.6 Å². The molecule has 0 atom stereocenters. The van der Waals surface area contributed by atoms with E-state index in [1.54, 1.807) is 40.3 Å². The third-order valence-electron chi connectivity index (χ3n) is 4.37. The molecule has 0 saturated carbocycles. The van der Waals surface area contributed by atoms with Crippen LogP contribution in [0, 0.1) is 0 Å². The van der Waals surface area contributed by atoms with Gasteiger partial charge in [-0.3, -0.25) is 9.78 Å². The van der Waals surface area contributed by atoms with E-state index < -0.39 is 11.7 Å². The summed E-state index contributed by atoms with van der Waals surface area (Å²) in [6.07, 6.45) is 3.41. The van der Waals surface area contributed by atoms with Gasteiger partial charge in [-0.25, -0.2) is 9.69 Å².